The lowest BCUT2D eigenvalue weighted by molar-refractivity contribution is -0.384. The monoisotopic (exact) mass is 271 g/mol. The molecule has 1 rings (SSSR count). The molecule has 0 aromatic heterocycles. The van der Waals surface area contributed by atoms with Crippen molar-refractivity contribution in [3.05, 3.63) is 38.4 Å². The van der Waals surface area contributed by atoms with Crippen LogP contribution in [-0.4, -0.2) is 23.8 Å². The average Bonchev–Trinajstić information content (AvgIpc) is 2.27. The molecule has 0 aliphatic rings. The summed E-state index contributed by atoms with van der Waals surface area (Å²) in [5.74, 6) is -0.487. The molecule has 0 saturated heterocycles. The smallest absolute Gasteiger partial charge is 0.310 e. The lowest BCUT2D eigenvalue weighted by Gasteiger charge is -2.04. The van der Waals surface area contributed by atoms with E-state index < -0.39 is 16.6 Å². The second kappa shape index (κ2) is 6.11. The van der Waals surface area contributed by atoms with Crippen molar-refractivity contribution in [2.24, 2.45) is 0 Å². The maximum Gasteiger partial charge on any atom is 0.310 e. The van der Waals surface area contributed by atoms with E-state index in [1.54, 1.807) is 6.92 Å². The maximum absolute atomic E-state index is 11.3. The molecule has 0 amide bonds. The molecule has 7 heteroatoms. The molecule has 0 spiro atoms. The van der Waals surface area contributed by atoms with Crippen molar-refractivity contribution in [1.82, 2.24) is 0 Å². The highest BCUT2D eigenvalue weighted by atomic mass is 35.5. The van der Waals surface area contributed by atoms with E-state index in [-0.39, 0.29) is 23.6 Å². The summed E-state index contributed by atoms with van der Waals surface area (Å²) in [7, 11) is 0. The molecule has 0 N–H and O–H groups in total. The molecule has 0 radical (unpaired) electrons. The number of esters is 1. The van der Waals surface area contributed by atoms with Crippen LogP contribution in [0.2, 0.25) is 5.02 Å². The molecule has 0 unspecified atom stereocenters. The van der Waals surface area contributed by atoms with E-state index in [0.717, 1.165) is 0 Å². The number of benzene rings is 1. The first kappa shape index (κ1) is 14.1. The summed E-state index contributed by atoms with van der Waals surface area (Å²) in [6, 6.07) is 2.54. The maximum atomic E-state index is 11.3. The number of rotatable bonds is 5. The average molecular weight is 272 g/mol. The SMILES string of the molecule is CCOC(=O)Cc1cc(Cl)c([N+](=O)[O-])c(C=O)c1. The molecule has 0 fully saturated rings. The van der Waals surface area contributed by atoms with E-state index in [2.05, 4.69) is 0 Å². The van der Waals surface area contributed by atoms with Gasteiger partial charge in [0, 0.05) is 0 Å². The van der Waals surface area contributed by atoms with Crippen LogP contribution in [0.5, 0.6) is 0 Å². The number of nitro benzene ring substituents is 1. The largest absolute Gasteiger partial charge is 0.466 e. The normalized spacial score (nSPS) is 9.89. The van der Waals surface area contributed by atoms with Crippen molar-refractivity contribution in [3.8, 4) is 0 Å². The highest BCUT2D eigenvalue weighted by Crippen LogP contribution is 2.29. The van der Waals surface area contributed by atoms with Crippen LogP contribution in [0.15, 0.2) is 12.1 Å². The first-order valence-electron chi connectivity index (χ1n) is 5.07. The van der Waals surface area contributed by atoms with E-state index in [1.807, 2.05) is 0 Å². The van der Waals surface area contributed by atoms with Crippen LogP contribution in [0.3, 0.4) is 0 Å². The Balaban J connectivity index is 3.11. The predicted octanol–water partition coefficient (Wildman–Crippen LogP) is 2.17. The van der Waals surface area contributed by atoms with Gasteiger partial charge in [0.2, 0.25) is 0 Å². The van der Waals surface area contributed by atoms with Gasteiger partial charge in [-0.15, -0.1) is 0 Å². The molecule has 0 aliphatic heterocycles. The van der Waals surface area contributed by atoms with Crippen LogP contribution >= 0.6 is 11.6 Å². The number of carbonyl (C=O) groups is 2. The lowest BCUT2D eigenvalue weighted by atomic mass is 10.1. The highest BCUT2D eigenvalue weighted by molar-refractivity contribution is 6.33. The minimum absolute atomic E-state index is 0.0909. The number of hydrogen-bond acceptors (Lipinski definition) is 5. The van der Waals surface area contributed by atoms with Gasteiger partial charge in [-0.2, -0.15) is 0 Å². The van der Waals surface area contributed by atoms with Crippen LogP contribution in [0, 0.1) is 10.1 Å². The standard InChI is InChI=1S/C11H10ClNO5/c1-2-18-10(15)5-7-3-8(6-14)11(13(16)17)9(12)4-7/h3-4,6H,2,5H2,1H3. The number of halogens is 1. The van der Waals surface area contributed by atoms with Gasteiger partial charge in [-0.1, -0.05) is 11.6 Å². The van der Waals surface area contributed by atoms with E-state index in [1.165, 1.54) is 12.1 Å². The van der Waals surface area contributed by atoms with Gasteiger partial charge in [0.25, 0.3) is 5.69 Å². The molecule has 0 bridgehead atoms. The van der Waals surface area contributed by atoms with Gasteiger partial charge in [0.15, 0.2) is 6.29 Å². The van der Waals surface area contributed by atoms with Gasteiger partial charge in [0.1, 0.15) is 5.02 Å². The second-order valence-electron chi connectivity index (χ2n) is 3.37. The molecule has 18 heavy (non-hydrogen) atoms. The molecular formula is C11H10ClNO5. The Bertz CT molecular complexity index is 500. The van der Waals surface area contributed by atoms with Crippen molar-refractivity contribution >= 4 is 29.5 Å². The first-order chi connectivity index (χ1) is 8.49. The minimum Gasteiger partial charge on any atom is -0.466 e. The van der Waals surface area contributed by atoms with Crippen molar-refractivity contribution in [2.45, 2.75) is 13.3 Å². The Hall–Kier alpha value is -1.95. The molecule has 0 atom stereocenters. The van der Waals surface area contributed by atoms with Crippen molar-refractivity contribution in [3.63, 3.8) is 0 Å². The fourth-order valence-electron chi connectivity index (χ4n) is 1.44. The van der Waals surface area contributed by atoms with E-state index >= 15 is 0 Å². The van der Waals surface area contributed by atoms with Crippen LogP contribution in [0.1, 0.15) is 22.8 Å². The third kappa shape index (κ3) is 3.27. The van der Waals surface area contributed by atoms with Gasteiger partial charge >= 0.3 is 5.97 Å². The molecule has 0 heterocycles. The molecule has 0 saturated carbocycles. The van der Waals surface area contributed by atoms with Gasteiger partial charge in [-0.3, -0.25) is 19.7 Å². The van der Waals surface area contributed by atoms with Crippen LogP contribution < -0.4 is 0 Å². The van der Waals surface area contributed by atoms with Gasteiger partial charge < -0.3 is 4.74 Å². The molecule has 6 nitrogen and oxygen atoms in total. The number of ether oxygens (including phenoxy) is 1. The molecular weight excluding hydrogens is 262 g/mol. The second-order valence-corrected chi connectivity index (χ2v) is 3.78. The molecule has 1 aromatic rings. The van der Waals surface area contributed by atoms with Crippen molar-refractivity contribution in [1.29, 1.82) is 0 Å². The fraction of sp³-hybridized carbons (Fsp3) is 0.273. The van der Waals surface area contributed by atoms with E-state index in [0.29, 0.717) is 11.8 Å². The summed E-state index contributed by atoms with van der Waals surface area (Å²) in [6.45, 7) is 1.90. The summed E-state index contributed by atoms with van der Waals surface area (Å²) in [5.41, 5.74) is -0.225. The number of hydrogen-bond donors (Lipinski definition) is 0. The molecule has 96 valence electrons. The predicted molar refractivity (Wildman–Crippen MR) is 63.8 cm³/mol. The van der Waals surface area contributed by atoms with Crippen molar-refractivity contribution < 1.29 is 19.2 Å². The first-order valence-corrected chi connectivity index (χ1v) is 5.45. The summed E-state index contributed by atoms with van der Waals surface area (Å²) in [4.78, 5) is 32.0. The Morgan fingerprint density at radius 2 is 2.22 bits per heavy atom. The Kier molecular flexibility index (Phi) is 4.79. The minimum atomic E-state index is -0.736. The Labute approximate surface area is 108 Å². The number of aldehydes is 1. The number of nitro groups is 1. The van der Waals surface area contributed by atoms with Gasteiger partial charge in [-0.25, -0.2) is 0 Å². The molecule has 0 aliphatic carbocycles. The van der Waals surface area contributed by atoms with E-state index in [9.17, 15) is 19.7 Å². The lowest BCUT2D eigenvalue weighted by Crippen LogP contribution is -2.08. The van der Waals surface area contributed by atoms with Crippen molar-refractivity contribution in [2.75, 3.05) is 6.61 Å². The summed E-state index contributed by atoms with van der Waals surface area (Å²) in [6.07, 6.45) is 0.241. The van der Waals surface area contributed by atoms with Gasteiger partial charge in [0.05, 0.1) is 23.5 Å². The topological polar surface area (TPSA) is 86.5 Å². The summed E-state index contributed by atoms with van der Waals surface area (Å²) >= 11 is 5.72. The third-order valence-electron chi connectivity index (χ3n) is 2.12. The quantitative estimate of drug-likeness (QED) is 0.354. The zero-order valence-corrected chi connectivity index (χ0v) is 10.3. The number of carbonyl (C=O) groups excluding carboxylic acids is 2. The van der Waals surface area contributed by atoms with Crippen LogP contribution in [0.25, 0.3) is 0 Å². The highest BCUT2D eigenvalue weighted by Gasteiger charge is 2.20. The zero-order chi connectivity index (χ0) is 13.7. The summed E-state index contributed by atoms with van der Waals surface area (Å²) < 4.78 is 4.73. The third-order valence-corrected chi connectivity index (χ3v) is 2.40. The van der Waals surface area contributed by atoms with E-state index in [4.69, 9.17) is 16.3 Å². The van der Waals surface area contributed by atoms with Gasteiger partial charge in [-0.05, 0) is 24.6 Å². The van der Waals surface area contributed by atoms with Crippen LogP contribution in [0.4, 0.5) is 5.69 Å². The zero-order valence-electron chi connectivity index (χ0n) is 9.51. The fourth-order valence-corrected chi connectivity index (χ4v) is 1.76. The Morgan fingerprint density at radius 1 is 1.56 bits per heavy atom. The van der Waals surface area contributed by atoms with Crippen LogP contribution in [-0.2, 0) is 16.0 Å². The number of nitrogens with zero attached hydrogens (tertiary/aromatic N) is 1. The Morgan fingerprint density at radius 3 is 2.72 bits per heavy atom. The summed E-state index contributed by atoms with van der Waals surface area (Å²) in [5, 5.41) is 10.5. The molecule has 1 aromatic carbocycles.